The maximum Gasteiger partial charge on any atom is 0.314 e. The Morgan fingerprint density at radius 3 is 2.76 bits per heavy atom. The number of hydrogen-bond donors (Lipinski definition) is 0. The first-order chi connectivity index (χ1) is 7.99. The zero-order valence-electron chi connectivity index (χ0n) is 10.2. The molecule has 0 bridgehead atoms. The Morgan fingerprint density at radius 1 is 1.47 bits per heavy atom. The third-order valence-electron chi connectivity index (χ3n) is 2.24. The minimum absolute atomic E-state index is 0.235. The van der Waals surface area contributed by atoms with Gasteiger partial charge in [0.1, 0.15) is 6.61 Å². The minimum Gasteiger partial charge on any atom is -0.476 e. The normalized spacial score (nSPS) is 11.1. The average molecular weight is 302 g/mol. The molecular weight excluding hydrogens is 286 g/mol. The van der Waals surface area contributed by atoms with Gasteiger partial charge in [-0.2, -0.15) is 0 Å². The van der Waals surface area contributed by atoms with Gasteiger partial charge in [0, 0.05) is 11.4 Å². The highest BCUT2D eigenvalue weighted by atomic mass is 79.9. The van der Waals surface area contributed by atoms with Crippen LogP contribution in [0.5, 0.6) is 5.88 Å². The van der Waals surface area contributed by atoms with E-state index in [2.05, 4.69) is 20.9 Å². The Balaban J connectivity index is 2.63. The Kier molecular flexibility index (Phi) is 4.93. The van der Waals surface area contributed by atoms with Crippen molar-refractivity contribution in [2.45, 2.75) is 19.2 Å². The molecule has 0 amide bonds. The molecule has 0 aliphatic heterocycles. The second-order valence-electron chi connectivity index (χ2n) is 4.26. The molecule has 1 rings (SSSR count). The maximum atomic E-state index is 11.4. The molecule has 0 N–H and O–H groups in total. The van der Waals surface area contributed by atoms with E-state index in [1.54, 1.807) is 19.9 Å². The summed E-state index contributed by atoms with van der Waals surface area (Å²) in [6, 6.07) is 5.52. The number of aromatic nitrogens is 1. The molecular formula is C12H16BrNO3. The van der Waals surface area contributed by atoms with Crippen LogP contribution in [0.3, 0.4) is 0 Å². The fourth-order valence-corrected chi connectivity index (χ4v) is 1.51. The molecule has 0 spiro atoms. The van der Waals surface area contributed by atoms with Gasteiger partial charge < -0.3 is 9.47 Å². The summed E-state index contributed by atoms with van der Waals surface area (Å²) in [5.74, 6) is 0.216. The maximum absolute atomic E-state index is 11.4. The lowest BCUT2D eigenvalue weighted by molar-refractivity contribution is -0.152. The smallest absolute Gasteiger partial charge is 0.314 e. The molecule has 1 aromatic heterocycles. The van der Waals surface area contributed by atoms with Crippen LogP contribution in [-0.2, 0) is 14.9 Å². The lowest BCUT2D eigenvalue weighted by Crippen LogP contribution is -2.32. The lowest BCUT2D eigenvalue weighted by atomic mass is 9.95. The van der Waals surface area contributed by atoms with Gasteiger partial charge in [-0.15, -0.1) is 0 Å². The van der Waals surface area contributed by atoms with Gasteiger partial charge in [0.2, 0.25) is 5.88 Å². The topological polar surface area (TPSA) is 48.4 Å². The molecule has 0 aliphatic carbocycles. The predicted octanol–water partition coefficient (Wildman–Crippen LogP) is 2.55. The quantitative estimate of drug-likeness (QED) is 0.619. The summed E-state index contributed by atoms with van der Waals surface area (Å²) in [5, 5.41) is 0.671. The van der Waals surface area contributed by atoms with Crippen LogP contribution in [0.2, 0.25) is 0 Å². The van der Waals surface area contributed by atoms with E-state index in [4.69, 9.17) is 9.47 Å². The van der Waals surface area contributed by atoms with Crippen LogP contribution >= 0.6 is 15.9 Å². The van der Waals surface area contributed by atoms with Crippen molar-refractivity contribution in [3.8, 4) is 5.88 Å². The summed E-state index contributed by atoms with van der Waals surface area (Å²) in [6.07, 6.45) is 0. The van der Waals surface area contributed by atoms with E-state index in [0.717, 1.165) is 5.69 Å². The Labute approximate surface area is 109 Å². The number of nitrogens with zero attached hydrogens (tertiary/aromatic N) is 1. The SMILES string of the molecule is COC(=O)C(C)(C)COc1cccc(CBr)n1. The second-order valence-corrected chi connectivity index (χ2v) is 4.83. The number of carbonyl (C=O) groups excluding carboxylic acids is 1. The van der Waals surface area contributed by atoms with Gasteiger partial charge in [0.05, 0.1) is 18.2 Å². The van der Waals surface area contributed by atoms with Crippen molar-refractivity contribution < 1.29 is 14.3 Å². The number of carbonyl (C=O) groups is 1. The molecule has 17 heavy (non-hydrogen) atoms. The standard InChI is InChI=1S/C12H16BrNO3/c1-12(2,11(15)16-3)8-17-10-6-4-5-9(7-13)14-10/h4-6H,7-8H2,1-3H3. The second kappa shape index (κ2) is 6.00. The van der Waals surface area contributed by atoms with Gasteiger partial charge in [-0.3, -0.25) is 4.79 Å². The first-order valence-electron chi connectivity index (χ1n) is 5.22. The van der Waals surface area contributed by atoms with Crippen LogP contribution in [-0.4, -0.2) is 24.7 Å². The van der Waals surface area contributed by atoms with E-state index < -0.39 is 5.41 Å². The fraction of sp³-hybridized carbons (Fsp3) is 0.500. The molecule has 0 saturated carbocycles. The van der Waals surface area contributed by atoms with Crippen LogP contribution in [0.1, 0.15) is 19.5 Å². The van der Waals surface area contributed by atoms with Crippen molar-refractivity contribution >= 4 is 21.9 Å². The average Bonchev–Trinajstić information content (AvgIpc) is 2.35. The Morgan fingerprint density at radius 2 is 2.18 bits per heavy atom. The number of esters is 1. The largest absolute Gasteiger partial charge is 0.476 e. The van der Waals surface area contributed by atoms with E-state index in [1.165, 1.54) is 7.11 Å². The monoisotopic (exact) mass is 301 g/mol. The van der Waals surface area contributed by atoms with Crippen LogP contribution in [0.15, 0.2) is 18.2 Å². The number of methoxy groups -OCH3 is 1. The van der Waals surface area contributed by atoms with E-state index >= 15 is 0 Å². The highest BCUT2D eigenvalue weighted by molar-refractivity contribution is 9.08. The van der Waals surface area contributed by atoms with E-state index in [-0.39, 0.29) is 12.6 Å². The van der Waals surface area contributed by atoms with E-state index in [1.807, 2.05) is 12.1 Å². The molecule has 0 aliphatic rings. The van der Waals surface area contributed by atoms with Crippen molar-refractivity contribution in [2.75, 3.05) is 13.7 Å². The van der Waals surface area contributed by atoms with Crippen LogP contribution in [0.4, 0.5) is 0 Å². The summed E-state index contributed by atoms with van der Waals surface area (Å²) < 4.78 is 10.2. The molecule has 1 heterocycles. The van der Waals surface area contributed by atoms with Gasteiger partial charge in [0.15, 0.2) is 0 Å². The molecule has 0 fully saturated rings. The summed E-state index contributed by atoms with van der Waals surface area (Å²) in [6.45, 7) is 3.78. The number of alkyl halides is 1. The number of ether oxygens (including phenoxy) is 2. The molecule has 0 atom stereocenters. The molecule has 94 valence electrons. The van der Waals surface area contributed by atoms with Crippen molar-refractivity contribution in [3.05, 3.63) is 23.9 Å². The highest BCUT2D eigenvalue weighted by Gasteiger charge is 2.29. The zero-order chi connectivity index (χ0) is 12.9. The number of rotatable bonds is 5. The van der Waals surface area contributed by atoms with Gasteiger partial charge in [-0.05, 0) is 19.9 Å². The van der Waals surface area contributed by atoms with Crippen molar-refractivity contribution in [2.24, 2.45) is 5.41 Å². The molecule has 5 heteroatoms. The molecule has 4 nitrogen and oxygen atoms in total. The first-order valence-corrected chi connectivity index (χ1v) is 6.35. The molecule has 1 aromatic rings. The van der Waals surface area contributed by atoms with Crippen molar-refractivity contribution in [1.29, 1.82) is 0 Å². The van der Waals surface area contributed by atoms with Crippen molar-refractivity contribution in [1.82, 2.24) is 4.98 Å². The zero-order valence-corrected chi connectivity index (χ0v) is 11.8. The Hall–Kier alpha value is -1.10. The van der Waals surface area contributed by atoms with E-state index in [0.29, 0.717) is 11.2 Å². The molecule has 0 saturated heterocycles. The number of pyridine rings is 1. The third kappa shape index (κ3) is 4.00. The Bertz CT molecular complexity index is 393. The predicted molar refractivity (Wildman–Crippen MR) is 68.2 cm³/mol. The third-order valence-corrected chi connectivity index (χ3v) is 2.81. The first kappa shape index (κ1) is 14.0. The summed E-state index contributed by atoms with van der Waals surface area (Å²) in [5.41, 5.74) is 0.208. The van der Waals surface area contributed by atoms with Crippen LogP contribution in [0, 0.1) is 5.41 Å². The molecule has 0 aromatic carbocycles. The van der Waals surface area contributed by atoms with Crippen LogP contribution < -0.4 is 4.74 Å². The highest BCUT2D eigenvalue weighted by Crippen LogP contribution is 2.19. The summed E-state index contributed by atoms with van der Waals surface area (Å²) in [7, 11) is 1.37. The van der Waals surface area contributed by atoms with Crippen molar-refractivity contribution in [3.63, 3.8) is 0 Å². The lowest BCUT2D eigenvalue weighted by Gasteiger charge is -2.21. The number of hydrogen-bond acceptors (Lipinski definition) is 4. The fourth-order valence-electron chi connectivity index (χ4n) is 1.20. The molecule has 0 radical (unpaired) electrons. The van der Waals surface area contributed by atoms with Gasteiger partial charge >= 0.3 is 5.97 Å². The van der Waals surface area contributed by atoms with E-state index in [9.17, 15) is 4.79 Å². The van der Waals surface area contributed by atoms with Gasteiger partial charge in [0.25, 0.3) is 0 Å². The van der Waals surface area contributed by atoms with Gasteiger partial charge in [-0.25, -0.2) is 4.98 Å². The number of halogens is 1. The van der Waals surface area contributed by atoms with Crippen LogP contribution in [0.25, 0.3) is 0 Å². The summed E-state index contributed by atoms with van der Waals surface area (Å²) in [4.78, 5) is 15.7. The molecule has 0 unspecified atom stereocenters. The summed E-state index contributed by atoms with van der Waals surface area (Å²) >= 11 is 3.32. The minimum atomic E-state index is -0.680. The van der Waals surface area contributed by atoms with Gasteiger partial charge in [-0.1, -0.05) is 22.0 Å².